The zero-order valence-electron chi connectivity index (χ0n) is 11.3. The van der Waals surface area contributed by atoms with Crippen LogP contribution in [-0.4, -0.2) is 0 Å². The Hall–Kier alpha value is 0.760. The summed E-state index contributed by atoms with van der Waals surface area (Å²) in [6, 6.07) is 2.02. The SMILES string of the molecule is CCCCC1CCC(C(Br)c2cc(Cl)sc2Cl)CC1. The van der Waals surface area contributed by atoms with E-state index < -0.39 is 0 Å². The molecular weight excluding hydrogens is 363 g/mol. The van der Waals surface area contributed by atoms with Gasteiger partial charge in [-0.05, 0) is 36.3 Å². The van der Waals surface area contributed by atoms with Crippen LogP contribution >= 0.6 is 50.5 Å². The lowest BCUT2D eigenvalue weighted by molar-refractivity contribution is 0.257. The number of alkyl halides is 1. The maximum Gasteiger partial charge on any atom is 0.0987 e. The van der Waals surface area contributed by atoms with Gasteiger partial charge >= 0.3 is 0 Å². The van der Waals surface area contributed by atoms with Crippen LogP contribution in [0.5, 0.6) is 0 Å². The molecule has 0 nitrogen and oxygen atoms in total. The van der Waals surface area contributed by atoms with Gasteiger partial charge in [0.05, 0.1) is 8.67 Å². The molecule has 0 saturated heterocycles. The molecule has 1 aromatic heterocycles. The first-order valence-electron chi connectivity index (χ1n) is 7.20. The minimum atomic E-state index is 0.371. The number of rotatable bonds is 5. The van der Waals surface area contributed by atoms with Gasteiger partial charge in [-0.25, -0.2) is 0 Å². The summed E-state index contributed by atoms with van der Waals surface area (Å²) in [6.45, 7) is 2.28. The van der Waals surface area contributed by atoms with Crippen molar-refractivity contribution >= 4 is 50.5 Å². The lowest BCUT2D eigenvalue weighted by Crippen LogP contribution is -2.17. The first-order chi connectivity index (χ1) is 9.11. The van der Waals surface area contributed by atoms with Gasteiger partial charge in [-0.1, -0.05) is 78.2 Å². The minimum Gasteiger partial charge on any atom is -0.111 e. The fourth-order valence-electron chi connectivity index (χ4n) is 3.06. The maximum absolute atomic E-state index is 6.26. The third-order valence-corrected chi connectivity index (χ3v) is 7.01. The molecular formula is C15H21BrCl2S. The Bertz CT molecular complexity index is 397. The maximum atomic E-state index is 6.26. The molecule has 0 bridgehead atoms. The molecule has 4 heteroatoms. The normalized spacial score (nSPS) is 25.5. The molecule has 1 saturated carbocycles. The fraction of sp³-hybridized carbons (Fsp3) is 0.733. The van der Waals surface area contributed by atoms with Gasteiger partial charge in [0.15, 0.2) is 0 Å². The molecule has 0 spiro atoms. The Kier molecular flexibility index (Phi) is 6.52. The summed E-state index contributed by atoms with van der Waals surface area (Å²) in [5, 5.41) is 0. The predicted octanol–water partition coefficient (Wildman–Crippen LogP) is 7.49. The monoisotopic (exact) mass is 382 g/mol. The number of halogens is 3. The van der Waals surface area contributed by atoms with E-state index in [0.29, 0.717) is 10.7 Å². The van der Waals surface area contributed by atoms with Crippen molar-refractivity contribution in [1.82, 2.24) is 0 Å². The summed E-state index contributed by atoms with van der Waals surface area (Å²) in [5.74, 6) is 1.67. The fourth-order valence-corrected chi connectivity index (χ4v) is 5.78. The highest BCUT2D eigenvalue weighted by Gasteiger charge is 2.28. The van der Waals surface area contributed by atoms with Crippen LogP contribution in [0.15, 0.2) is 6.07 Å². The van der Waals surface area contributed by atoms with Gasteiger partial charge in [-0.15, -0.1) is 11.3 Å². The highest BCUT2D eigenvalue weighted by atomic mass is 79.9. The standard InChI is InChI=1S/C15H21BrCl2S/c1-2-3-4-10-5-7-11(8-6-10)14(16)12-9-13(17)19-15(12)18/h9-11,14H,2-8H2,1H3. The molecule has 0 aliphatic heterocycles. The lowest BCUT2D eigenvalue weighted by Gasteiger charge is -2.31. The molecule has 1 fully saturated rings. The van der Waals surface area contributed by atoms with Crippen LogP contribution in [0.25, 0.3) is 0 Å². The van der Waals surface area contributed by atoms with E-state index in [2.05, 4.69) is 22.9 Å². The van der Waals surface area contributed by atoms with Crippen molar-refractivity contribution in [1.29, 1.82) is 0 Å². The largest absolute Gasteiger partial charge is 0.111 e. The third-order valence-electron chi connectivity index (χ3n) is 4.25. The Morgan fingerprint density at radius 2 is 2.00 bits per heavy atom. The second kappa shape index (κ2) is 7.68. The molecule has 1 aliphatic rings. The van der Waals surface area contributed by atoms with Gasteiger partial charge < -0.3 is 0 Å². The molecule has 0 amide bonds. The van der Waals surface area contributed by atoms with Gasteiger partial charge in [0.25, 0.3) is 0 Å². The van der Waals surface area contributed by atoms with E-state index in [1.165, 1.54) is 61.8 Å². The van der Waals surface area contributed by atoms with Crippen LogP contribution < -0.4 is 0 Å². The summed E-state index contributed by atoms with van der Waals surface area (Å²) in [7, 11) is 0. The van der Waals surface area contributed by atoms with Crippen LogP contribution in [0.1, 0.15) is 62.3 Å². The second-order valence-electron chi connectivity index (χ2n) is 5.60. The van der Waals surface area contributed by atoms with Crippen molar-refractivity contribution < 1.29 is 0 Å². The lowest BCUT2D eigenvalue weighted by atomic mass is 9.78. The first kappa shape index (κ1) is 16.1. The van der Waals surface area contributed by atoms with Gasteiger partial charge in [0, 0.05) is 4.83 Å². The van der Waals surface area contributed by atoms with Gasteiger partial charge in [-0.2, -0.15) is 0 Å². The van der Waals surface area contributed by atoms with E-state index in [1.54, 1.807) is 0 Å². The van der Waals surface area contributed by atoms with Crippen LogP contribution in [0.2, 0.25) is 8.67 Å². The predicted molar refractivity (Wildman–Crippen MR) is 91.0 cm³/mol. The summed E-state index contributed by atoms with van der Waals surface area (Å²) in [4.78, 5) is 0.371. The van der Waals surface area contributed by atoms with Gasteiger partial charge in [0.1, 0.15) is 0 Å². The summed E-state index contributed by atoms with van der Waals surface area (Å²) in [6.07, 6.45) is 9.51. The topological polar surface area (TPSA) is 0 Å². The summed E-state index contributed by atoms with van der Waals surface area (Å²) >= 11 is 17.6. The van der Waals surface area contributed by atoms with E-state index in [-0.39, 0.29) is 0 Å². The van der Waals surface area contributed by atoms with Crippen molar-refractivity contribution in [3.05, 3.63) is 20.3 Å². The number of unbranched alkanes of at least 4 members (excludes halogenated alkanes) is 1. The van der Waals surface area contributed by atoms with Gasteiger partial charge in [0.2, 0.25) is 0 Å². The smallest absolute Gasteiger partial charge is 0.0987 e. The summed E-state index contributed by atoms with van der Waals surface area (Å²) in [5.41, 5.74) is 1.19. The molecule has 1 atom stereocenters. The number of hydrogen-bond acceptors (Lipinski definition) is 1. The van der Waals surface area contributed by atoms with Crippen LogP contribution in [-0.2, 0) is 0 Å². The molecule has 1 aromatic rings. The van der Waals surface area contributed by atoms with E-state index in [4.69, 9.17) is 23.2 Å². The number of hydrogen-bond donors (Lipinski definition) is 0. The average Bonchev–Trinajstić information content (AvgIpc) is 2.75. The molecule has 1 unspecified atom stereocenters. The minimum absolute atomic E-state index is 0.371. The third kappa shape index (κ3) is 4.36. The Morgan fingerprint density at radius 3 is 2.53 bits per heavy atom. The molecule has 1 heterocycles. The number of thiophene rings is 1. The average molecular weight is 384 g/mol. The van der Waals surface area contributed by atoms with E-state index in [1.807, 2.05) is 6.07 Å². The first-order valence-corrected chi connectivity index (χ1v) is 9.69. The van der Waals surface area contributed by atoms with E-state index in [9.17, 15) is 0 Å². The highest BCUT2D eigenvalue weighted by Crippen LogP contribution is 2.47. The second-order valence-corrected chi connectivity index (χ2v) is 8.88. The highest BCUT2D eigenvalue weighted by molar-refractivity contribution is 9.09. The van der Waals surface area contributed by atoms with E-state index >= 15 is 0 Å². The summed E-state index contributed by atoms with van der Waals surface area (Å²) < 4.78 is 1.64. The Labute approximate surface area is 139 Å². The van der Waals surface area contributed by atoms with Crippen molar-refractivity contribution in [3.8, 4) is 0 Å². The van der Waals surface area contributed by atoms with Crippen molar-refractivity contribution in [2.24, 2.45) is 11.8 Å². The Balaban J connectivity index is 1.89. The van der Waals surface area contributed by atoms with Crippen LogP contribution in [0, 0.1) is 11.8 Å². The van der Waals surface area contributed by atoms with E-state index in [0.717, 1.165) is 14.6 Å². The molecule has 19 heavy (non-hydrogen) atoms. The molecule has 0 aromatic carbocycles. The molecule has 0 N–H and O–H groups in total. The van der Waals surface area contributed by atoms with Crippen molar-refractivity contribution in [2.75, 3.05) is 0 Å². The quantitative estimate of drug-likeness (QED) is 0.462. The van der Waals surface area contributed by atoms with Crippen LogP contribution in [0.3, 0.4) is 0 Å². The molecule has 1 aliphatic carbocycles. The Morgan fingerprint density at radius 1 is 1.32 bits per heavy atom. The molecule has 0 radical (unpaired) electrons. The zero-order chi connectivity index (χ0) is 13.8. The molecule has 2 rings (SSSR count). The van der Waals surface area contributed by atoms with Crippen molar-refractivity contribution in [3.63, 3.8) is 0 Å². The van der Waals surface area contributed by atoms with Crippen molar-refractivity contribution in [2.45, 2.75) is 56.7 Å². The molecule has 108 valence electrons. The van der Waals surface area contributed by atoms with Gasteiger partial charge in [-0.3, -0.25) is 0 Å². The van der Waals surface area contributed by atoms with Crippen LogP contribution in [0.4, 0.5) is 0 Å². The zero-order valence-corrected chi connectivity index (χ0v) is 15.2.